The Balaban J connectivity index is 0.00000280. The van der Waals surface area contributed by atoms with Gasteiger partial charge in [-0.1, -0.05) is 18.2 Å². The van der Waals surface area contributed by atoms with Crippen molar-refractivity contribution in [2.24, 2.45) is 4.99 Å². The quantitative estimate of drug-likeness (QED) is 0.334. The van der Waals surface area contributed by atoms with Gasteiger partial charge in [-0.15, -0.1) is 35.3 Å². The average Bonchev–Trinajstić information content (AvgIpc) is 3.21. The van der Waals surface area contributed by atoms with Crippen molar-refractivity contribution in [1.29, 1.82) is 0 Å². The molecule has 2 heterocycles. The third-order valence-corrected chi connectivity index (χ3v) is 5.45. The van der Waals surface area contributed by atoms with Crippen LogP contribution >= 0.6 is 35.3 Å². The molecule has 0 bridgehead atoms. The Kier molecular flexibility index (Phi) is 10.2. The van der Waals surface area contributed by atoms with Gasteiger partial charge in [0.15, 0.2) is 5.96 Å². The van der Waals surface area contributed by atoms with Gasteiger partial charge in [-0.25, -0.2) is 9.38 Å². The van der Waals surface area contributed by atoms with Gasteiger partial charge in [0.25, 0.3) is 0 Å². The molecule has 1 aliphatic heterocycles. The number of benzene rings is 1. The molecular formula is C20H28FIN4OS. The standard InChI is InChI=1S/C20H27FN4OS.HI/c1-2-22-20(23-14-16-5-3-6-17(21)13-16)24-15-18(19-7-4-12-27-19)25-8-10-26-11-9-25;/h3-7,12-13,18H,2,8-11,14-15H2,1H3,(H2,22,23,24);1H. The van der Waals surface area contributed by atoms with E-state index in [1.54, 1.807) is 17.4 Å². The molecule has 5 nitrogen and oxygen atoms in total. The fourth-order valence-electron chi connectivity index (χ4n) is 3.12. The minimum atomic E-state index is -0.231. The molecular weight excluding hydrogens is 490 g/mol. The van der Waals surface area contributed by atoms with E-state index in [1.807, 2.05) is 13.0 Å². The molecule has 2 N–H and O–H groups in total. The summed E-state index contributed by atoms with van der Waals surface area (Å²) in [6, 6.07) is 11.1. The van der Waals surface area contributed by atoms with Gasteiger partial charge in [0.1, 0.15) is 5.82 Å². The zero-order valence-electron chi connectivity index (χ0n) is 16.1. The summed E-state index contributed by atoms with van der Waals surface area (Å²) in [5, 5.41) is 8.85. The van der Waals surface area contributed by atoms with E-state index >= 15 is 0 Å². The molecule has 2 aromatic rings. The molecule has 28 heavy (non-hydrogen) atoms. The first-order valence-electron chi connectivity index (χ1n) is 9.38. The van der Waals surface area contributed by atoms with Crippen LogP contribution in [0, 0.1) is 5.82 Å². The van der Waals surface area contributed by atoms with Crippen molar-refractivity contribution >= 4 is 41.3 Å². The summed E-state index contributed by atoms with van der Waals surface area (Å²) in [5.41, 5.74) is 0.857. The minimum Gasteiger partial charge on any atom is -0.379 e. The van der Waals surface area contributed by atoms with E-state index in [0.717, 1.165) is 50.9 Å². The van der Waals surface area contributed by atoms with Gasteiger partial charge in [-0.3, -0.25) is 4.90 Å². The SMILES string of the molecule is CCNC(=NCc1cccc(F)c1)NCC(c1cccs1)N1CCOCC1.I. The smallest absolute Gasteiger partial charge is 0.191 e. The van der Waals surface area contributed by atoms with Crippen LogP contribution in [0.1, 0.15) is 23.4 Å². The predicted molar refractivity (Wildman–Crippen MR) is 124 cm³/mol. The lowest BCUT2D eigenvalue weighted by molar-refractivity contribution is 0.0177. The van der Waals surface area contributed by atoms with Crippen molar-refractivity contribution in [1.82, 2.24) is 15.5 Å². The Morgan fingerprint density at radius 3 is 2.75 bits per heavy atom. The van der Waals surface area contributed by atoms with Crippen molar-refractivity contribution in [2.45, 2.75) is 19.5 Å². The van der Waals surface area contributed by atoms with E-state index in [0.29, 0.717) is 6.54 Å². The first-order valence-corrected chi connectivity index (χ1v) is 10.3. The highest BCUT2D eigenvalue weighted by Crippen LogP contribution is 2.25. The summed E-state index contributed by atoms with van der Waals surface area (Å²) in [4.78, 5) is 8.41. The summed E-state index contributed by atoms with van der Waals surface area (Å²) in [5.74, 6) is 0.516. The number of thiophene rings is 1. The zero-order valence-corrected chi connectivity index (χ0v) is 19.2. The second-order valence-electron chi connectivity index (χ2n) is 6.39. The molecule has 0 spiro atoms. The summed E-state index contributed by atoms with van der Waals surface area (Å²) in [6.07, 6.45) is 0. The highest BCUT2D eigenvalue weighted by Gasteiger charge is 2.23. The molecule has 1 atom stereocenters. The number of morpholine rings is 1. The van der Waals surface area contributed by atoms with Crippen molar-refractivity contribution in [3.05, 3.63) is 58.0 Å². The minimum absolute atomic E-state index is 0. The maximum absolute atomic E-state index is 13.4. The number of ether oxygens (including phenoxy) is 1. The second-order valence-corrected chi connectivity index (χ2v) is 7.36. The fourth-order valence-corrected chi connectivity index (χ4v) is 3.98. The van der Waals surface area contributed by atoms with Gasteiger partial charge in [-0.05, 0) is 36.1 Å². The van der Waals surface area contributed by atoms with Crippen molar-refractivity contribution < 1.29 is 9.13 Å². The molecule has 0 saturated carbocycles. The molecule has 1 fully saturated rings. The van der Waals surface area contributed by atoms with Crippen LogP contribution in [0.15, 0.2) is 46.8 Å². The van der Waals surface area contributed by atoms with Gasteiger partial charge in [-0.2, -0.15) is 0 Å². The lowest BCUT2D eigenvalue weighted by Gasteiger charge is -2.34. The number of halogens is 2. The molecule has 1 unspecified atom stereocenters. The van der Waals surface area contributed by atoms with Gasteiger partial charge >= 0.3 is 0 Å². The van der Waals surface area contributed by atoms with Crippen molar-refractivity contribution in [3.8, 4) is 0 Å². The van der Waals surface area contributed by atoms with E-state index < -0.39 is 0 Å². The van der Waals surface area contributed by atoms with Crippen LogP contribution in [0.5, 0.6) is 0 Å². The molecule has 3 rings (SSSR count). The van der Waals surface area contributed by atoms with E-state index in [2.05, 4.69) is 38.0 Å². The van der Waals surface area contributed by atoms with Crippen LogP contribution < -0.4 is 10.6 Å². The zero-order chi connectivity index (χ0) is 18.9. The lowest BCUT2D eigenvalue weighted by atomic mass is 10.2. The van der Waals surface area contributed by atoms with E-state index in [4.69, 9.17) is 4.74 Å². The second kappa shape index (κ2) is 12.4. The van der Waals surface area contributed by atoms with Crippen LogP contribution in [-0.2, 0) is 11.3 Å². The Morgan fingerprint density at radius 2 is 2.07 bits per heavy atom. The average molecular weight is 518 g/mol. The number of rotatable bonds is 7. The number of hydrogen-bond acceptors (Lipinski definition) is 4. The fraction of sp³-hybridized carbons (Fsp3) is 0.450. The summed E-state index contributed by atoms with van der Waals surface area (Å²) < 4.78 is 18.9. The number of hydrogen-bond donors (Lipinski definition) is 2. The van der Waals surface area contributed by atoms with Gasteiger partial charge in [0, 0.05) is 31.1 Å². The lowest BCUT2D eigenvalue weighted by Crippen LogP contribution is -2.46. The highest BCUT2D eigenvalue weighted by atomic mass is 127. The van der Waals surface area contributed by atoms with Gasteiger partial charge in [0.05, 0.1) is 25.8 Å². The predicted octanol–water partition coefficient (Wildman–Crippen LogP) is 3.63. The van der Waals surface area contributed by atoms with Crippen molar-refractivity contribution in [2.75, 3.05) is 39.4 Å². The molecule has 1 saturated heterocycles. The van der Waals surface area contributed by atoms with Gasteiger partial charge < -0.3 is 15.4 Å². The molecule has 0 aliphatic carbocycles. The summed E-state index contributed by atoms with van der Waals surface area (Å²) in [7, 11) is 0. The molecule has 0 radical (unpaired) electrons. The first kappa shape index (κ1) is 23.1. The van der Waals surface area contributed by atoms with E-state index in [9.17, 15) is 4.39 Å². The normalized spacial score (nSPS) is 16.3. The molecule has 1 aliphatic rings. The summed E-state index contributed by atoms with van der Waals surface area (Å²) in [6.45, 7) is 7.42. The van der Waals surface area contributed by atoms with E-state index in [1.165, 1.54) is 17.0 Å². The Bertz CT molecular complexity index is 723. The molecule has 1 aromatic carbocycles. The topological polar surface area (TPSA) is 48.9 Å². The maximum atomic E-state index is 13.4. The third-order valence-electron chi connectivity index (χ3n) is 4.47. The first-order chi connectivity index (χ1) is 13.3. The summed E-state index contributed by atoms with van der Waals surface area (Å²) >= 11 is 1.78. The largest absolute Gasteiger partial charge is 0.379 e. The molecule has 8 heteroatoms. The van der Waals surface area contributed by atoms with Crippen LogP contribution in [-0.4, -0.2) is 50.3 Å². The van der Waals surface area contributed by atoms with E-state index in [-0.39, 0.29) is 35.8 Å². The third kappa shape index (κ3) is 6.98. The Morgan fingerprint density at radius 1 is 1.25 bits per heavy atom. The highest BCUT2D eigenvalue weighted by molar-refractivity contribution is 14.0. The van der Waals surface area contributed by atoms with Crippen LogP contribution in [0.2, 0.25) is 0 Å². The Hall–Kier alpha value is -1.23. The molecule has 154 valence electrons. The van der Waals surface area contributed by atoms with Crippen molar-refractivity contribution in [3.63, 3.8) is 0 Å². The number of guanidine groups is 1. The van der Waals surface area contributed by atoms with Gasteiger partial charge in [0.2, 0.25) is 0 Å². The number of aliphatic imine (C=N–C) groups is 1. The molecule has 1 aromatic heterocycles. The number of nitrogens with one attached hydrogen (secondary N) is 2. The van der Waals surface area contributed by atoms with Crippen LogP contribution in [0.4, 0.5) is 4.39 Å². The molecule has 0 amide bonds. The number of nitrogens with zero attached hydrogens (tertiary/aromatic N) is 2. The maximum Gasteiger partial charge on any atom is 0.191 e. The Labute approximate surface area is 187 Å². The van der Waals surface area contributed by atoms with Crippen LogP contribution in [0.25, 0.3) is 0 Å². The monoisotopic (exact) mass is 518 g/mol. The van der Waals surface area contributed by atoms with Crippen LogP contribution in [0.3, 0.4) is 0 Å².